The van der Waals surface area contributed by atoms with Crippen LogP contribution in [0.15, 0.2) is 12.1 Å². The van der Waals surface area contributed by atoms with Crippen LogP contribution in [0, 0.1) is 6.92 Å². The minimum atomic E-state index is -1.06. The highest BCUT2D eigenvalue weighted by molar-refractivity contribution is 5.93. The van der Waals surface area contributed by atoms with Crippen molar-refractivity contribution in [1.82, 2.24) is 4.98 Å². The molecule has 0 saturated heterocycles. The van der Waals surface area contributed by atoms with E-state index in [-0.39, 0.29) is 30.6 Å². The van der Waals surface area contributed by atoms with Gasteiger partial charge in [0.15, 0.2) is 0 Å². The van der Waals surface area contributed by atoms with Crippen LogP contribution in [-0.4, -0.2) is 47.5 Å². The average molecular weight is 240 g/mol. The van der Waals surface area contributed by atoms with Crippen molar-refractivity contribution in [3.05, 3.63) is 23.4 Å². The second-order valence-corrected chi connectivity index (χ2v) is 3.63. The van der Waals surface area contributed by atoms with Crippen molar-refractivity contribution in [1.29, 1.82) is 0 Å². The molecule has 1 rings (SSSR count). The van der Waals surface area contributed by atoms with E-state index in [1.807, 2.05) is 0 Å². The highest BCUT2D eigenvalue weighted by atomic mass is 16.5. The summed E-state index contributed by atoms with van der Waals surface area (Å²) in [5, 5.41) is 21.0. The Morgan fingerprint density at radius 3 is 2.82 bits per heavy atom. The van der Waals surface area contributed by atoms with E-state index >= 15 is 0 Å². The van der Waals surface area contributed by atoms with Crippen LogP contribution in [0.4, 0.5) is 5.82 Å². The predicted molar refractivity (Wildman–Crippen MR) is 62.3 cm³/mol. The van der Waals surface area contributed by atoms with Crippen LogP contribution in [0.25, 0.3) is 0 Å². The summed E-state index contributed by atoms with van der Waals surface area (Å²) in [5.41, 5.74) is 0.775. The van der Waals surface area contributed by atoms with E-state index < -0.39 is 5.97 Å². The molecule has 6 nitrogen and oxygen atoms in total. The third kappa shape index (κ3) is 3.69. The average Bonchev–Trinajstić information content (AvgIpc) is 2.28. The largest absolute Gasteiger partial charge is 0.478 e. The van der Waals surface area contributed by atoms with Gasteiger partial charge < -0.3 is 20.3 Å². The second-order valence-electron chi connectivity index (χ2n) is 3.63. The summed E-state index contributed by atoms with van der Waals surface area (Å²) in [7, 11) is 1.51. The third-order valence-electron chi connectivity index (χ3n) is 2.19. The highest BCUT2D eigenvalue weighted by Gasteiger charge is 2.15. The first-order valence-corrected chi connectivity index (χ1v) is 5.15. The molecule has 1 unspecified atom stereocenters. The predicted octanol–water partition coefficient (Wildman–Crippen LogP) is 0.507. The minimum Gasteiger partial charge on any atom is -0.478 e. The van der Waals surface area contributed by atoms with Gasteiger partial charge in [0.05, 0.1) is 19.3 Å². The van der Waals surface area contributed by atoms with E-state index in [1.54, 1.807) is 13.0 Å². The summed E-state index contributed by atoms with van der Waals surface area (Å²) >= 11 is 0. The highest BCUT2D eigenvalue weighted by Crippen LogP contribution is 2.14. The van der Waals surface area contributed by atoms with Crippen molar-refractivity contribution < 1.29 is 19.7 Å². The summed E-state index contributed by atoms with van der Waals surface area (Å²) in [6.07, 6.45) is 0. The molecule has 0 aromatic carbocycles. The molecule has 0 spiro atoms. The van der Waals surface area contributed by atoms with Crippen LogP contribution in [0.5, 0.6) is 0 Å². The first-order chi connectivity index (χ1) is 8.08. The van der Waals surface area contributed by atoms with E-state index in [4.69, 9.17) is 14.9 Å². The van der Waals surface area contributed by atoms with Gasteiger partial charge in [-0.2, -0.15) is 0 Å². The number of carboxylic acid groups (broad SMARTS) is 1. The number of methoxy groups -OCH3 is 1. The molecule has 3 N–H and O–H groups in total. The first kappa shape index (κ1) is 13.4. The summed E-state index contributed by atoms with van der Waals surface area (Å²) in [5.74, 6) is -0.817. The Labute approximate surface area is 99.3 Å². The molecule has 0 saturated carbocycles. The van der Waals surface area contributed by atoms with E-state index in [0.717, 1.165) is 0 Å². The van der Waals surface area contributed by atoms with Gasteiger partial charge in [-0.15, -0.1) is 0 Å². The topological polar surface area (TPSA) is 91.7 Å². The number of aromatic carboxylic acids is 1. The quantitative estimate of drug-likeness (QED) is 0.671. The van der Waals surface area contributed by atoms with Crippen LogP contribution in [0.1, 0.15) is 16.1 Å². The van der Waals surface area contributed by atoms with Crippen LogP contribution in [0.3, 0.4) is 0 Å². The number of aliphatic hydroxyl groups excluding tert-OH is 1. The maximum atomic E-state index is 11.0. The molecular formula is C11H16N2O4. The number of nitrogens with one attached hydrogen (secondary N) is 1. The molecule has 6 heteroatoms. The normalized spacial score (nSPS) is 12.2. The molecular weight excluding hydrogens is 224 g/mol. The van der Waals surface area contributed by atoms with Crippen molar-refractivity contribution in [3.8, 4) is 0 Å². The Morgan fingerprint density at radius 2 is 2.29 bits per heavy atom. The zero-order valence-electron chi connectivity index (χ0n) is 9.80. The number of carboxylic acids is 1. The Hall–Kier alpha value is -1.66. The molecule has 0 fully saturated rings. The number of ether oxygens (including phenoxy) is 1. The number of aliphatic hydroxyl groups is 1. The van der Waals surface area contributed by atoms with E-state index in [0.29, 0.717) is 5.69 Å². The Balaban J connectivity index is 2.94. The van der Waals surface area contributed by atoms with E-state index in [9.17, 15) is 4.79 Å². The van der Waals surface area contributed by atoms with Crippen molar-refractivity contribution >= 4 is 11.8 Å². The first-order valence-electron chi connectivity index (χ1n) is 5.15. The monoisotopic (exact) mass is 240 g/mol. The molecule has 0 aliphatic rings. The lowest BCUT2D eigenvalue weighted by Gasteiger charge is -2.17. The number of rotatable bonds is 6. The molecule has 1 aromatic rings. The van der Waals surface area contributed by atoms with Gasteiger partial charge in [-0.3, -0.25) is 0 Å². The van der Waals surface area contributed by atoms with Gasteiger partial charge in [0.2, 0.25) is 0 Å². The molecule has 1 atom stereocenters. The van der Waals surface area contributed by atoms with Crippen molar-refractivity contribution in [2.24, 2.45) is 0 Å². The second kappa shape index (κ2) is 6.17. The van der Waals surface area contributed by atoms with Gasteiger partial charge in [-0.25, -0.2) is 9.78 Å². The fourth-order valence-corrected chi connectivity index (χ4v) is 1.37. The third-order valence-corrected chi connectivity index (χ3v) is 2.19. The summed E-state index contributed by atoms with van der Waals surface area (Å²) in [6, 6.07) is 2.72. The molecule has 0 amide bonds. The summed E-state index contributed by atoms with van der Waals surface area (Å²) in [4.78, 5) is 15.1. The minimum absolute atomic E-state index is 0.0742. The molecule has 94 valence electrons. The number of aromatic nitrogens is 1. The van der Waals surface area contributed by atoms with E-state index in [1.165, 1.54) is 13.2 Å². The SMILES string of the molecule is COCC(CO)Nc1nc(C)ccc1C(=O)O. The Bertz CT molecular complexity index is 395. The lowest BCUT2D eigenvalue weighted by atomic mass is 10.2. The molecule has 17 heavy (non-hydrogen) atoms. The van der Waals surface area contributed by atoms with Gasteiger partial charge in [0, 0.05) is 12.8 Å². The smallest absolute Gasteiger partial charge is 0.339 e. The number of pyridine rings is 1. The van der Waals surface area contributed by atoms with Crippen molar-refractivity contribution in [2.45, 2.75) is 13.0 Å². The van der Waals surface area contributed by atoms with Crippen LogP contribution >= 0.6 is 0 Å². The van der Waals surface area contributed by atoms with Gasteiger partial charge in [0.1, 0.15) is 11.4 Å². The van der Waals surface area contributed by atoms with Gasteiger partial charge in [0.25, 0.3) is 0 Å². The Kier molecular flexibility index (Phi) is 4.86. The Morgan fingerprint density at radius 1 is 1.59 bits per heavy atom. The summed E-state index contributed by atoms with van der Waals surface area (Å²) in [6.45, 7) is 1.87. The van der Waals surface area contributed by atoms with Crippen LogP contribution in [-0.2, 0) is 4.74 Å². The van der Waals surface area contributed by atoms with Crippen molar-refractivity contribution in [2.75, 3.05) is 25.6 Å². The fourth-order valence-electron chi connectivity index (χ4n) is 1.37. The lowest BCUT2D eigenvalue weighted by Crippen LogP contribution is -2.30. The maximum absolute atomic E-state index is 11.0. The standard InChI is InChI=1S/C11H16N2O4/c1-7-3-4-9(11(15)16)10(12-7)13-8(5-14)6-17-2/h3-4,8,14H,5-6H2,1-2H3,(H,12,13)(H,15,16). The number of anilines is 1. The number of carbonyl (C=O) groups is 1. The molecule has 1 heterocycles. The molecule has 0 radical (unpaired) electrons. The number of hydrogen-bond acceptors (Lipinski definition) is 5. The number of hydrogen-bond donors (Lipinski definition) is 3. The van der Waals surface area contributed by atoms with Crippen LogP contribution < -0.4 is 5.32 Å². The lowest BCUT2D eigenvalue weighted by molar-refractivity contribution is 0.0697. The summed E-state index contributed by atoms with van der Waals surface area (Å²) < 4.78 is 4.90. The molecule has 0 aliphatic heterocycles. The van der Waals surface area contributed by atoms with Crippen LogP contribution in [0.2, 0.25) is 0 Å². The molecule has 0 bridgehead atoms. The number of aryl methyl sites for hydroxylation is 1. The molecule has 1 aromatic heterocycles. The number of nitrogens with zero attached hydrogens (tertiary/aromatic N) is 1. The van der Waals surface area contributed by atoms with Gasteiger partial charge in [-0.1, -0.05) is 0 Å². The molecule has 0 aliphatic carbocycles. The zero-order valence-corrected chi connectivity index (χ0v) is 9.80. The van der Waals surface area contributed by atoms with Gasteiger partial charge >= 0.3 is 5.97 Å². The van der Waals surface area contributed by atoms with E-state index in [2.05, 4.69) is 10.3 Å². The van der Waals surface area contributed by atoms with Crippen molar-refractivity contribution in [3.63, 3.8) is 0 Å². The maximum Gasteiger partial charge on any atom is 0.339 e. The fraction of sp³-hybridized carbons (Fsp3) is 0.455. The van der Waals surface area contributed by atoms with Gasteiger partial charge in [-0.05, 0) is 19.1 Å². The zero-order chi connectivity index (χ0) is 12.8.